The molecule has 0 saturated heterocycles. The van der Waals surface area contributed by atoms with Crippen molar-refractivity contribution in [1.29, 1.82) is 0 Å². The smallest absolute Gasteiger partial charge is 0.327 e. The molecule has 2 aromatic rings. The van der Waals surface area contributed by atoms with E-state index in [0.29, 0.717) is 37.2 Å². The third-order valence-electron chi connectivity index (χ3n) is 5.28. The Bertz CT molecular complexity index is 948. The third-order valence-corrected chi connectivity index (χ3v) is 5.28. The van der Waals surface area contributed by atoms with Crippen molar-refractivity contribution in [3.8, 4) is 0 Å². The molecule has 8 nitrogen and oxygen atoms in total. The fraction of sp³-hybridized carbons (Fsp3) is 0.364. The molecule has 2 N–H and O–H groups in total. The second-order valence-corrected chi connectivity index (χ2v) is 7.41. The summed E-state index contributed by atoms with van der Waals surface area (Å²) >= 11 is 0. The van der Waals surface area contributed by atoms with Crippen molar-refractivity contribution in [3.63, 3.8) is 0 Å². The average molecular weight is 411 g/mol. The minimum Gasteiger partial charge on any atom is -0.465 e. The fourth-order valence-electron chi connectivity index (χ4n) is 3.76. The molecule has 3 rings (SSSR count). The van der Waals surface area contributed by atoms with E-state index >= 15 is 0 Å². The van der Waals surface area contributed by atoms with Gasteiger partial charge in [-0.3, -0.25) is 19.7 Å². The number of carbonyl (C=O) groups is 2. The van der Waals surface area contributed by atoms with E-state index in [0.717, 1.165) is 11.1 Å². The zero-order chi connectivity index (χ0) is 21.7. The van der Waals surface area contributed by atoms with E-state index in [4.69, 9.17) is 4.74 Å². The van der Waals surface area contributed by atoms with Crippen molar-refractivity contribution in [2.24, 2.45) is 0 Å². The number of amides is 1. The average Bonchev–Trinajstić information content (AvgIpc) is 3.09. The van der Waals surface area contributed by atoms with Crippen LogP contribution in [-0.2, 0) is 27.2 Å². The molecule has 0 atom stereocenters. The summed E-state index contributed by atoms with van der Waals surface area (Å²) in [5.74, 6) is -0.554. The maximum absolute atomic E-state index is 12.7. The number of ether oxygens (including phenoxy) is 1. The van der Waals surface area contributed by atoms with Crippen LogP contribution in [0.25, 0.3) is 0 Å². The molecule has 0 radical (unpaired) electrons. The van der Waals surface area contributed by atoms with Crippen molar-refractivity contribution in [2.75, 3.05) is 18.5 Å². The van der Waals surface area contributed by atoms with E-state index < -0.39 is 10.5 Å². The summed E-state index contributed by atoms with van der Waals surface area (Å²) in [4.78, 5) is 35.4. The number of esters is 1. The molecule has 1 aliphatic rings. The first-order chi connectivity index (χ1) is 14.3. The van der Waals surface area contributed by atoms with Gasteiger partial charge in [-0.05, 0) is 36.6 Å². The highest BCUT2D eigenvalue weighted by Gasteiger charge is 2.44. The summed E-state index contributed by atoms with van der Waals surface area (Å²) in [7, 11) is 0. The van der Waals surface area contributed by atoms with Gasteiger partial charge < -0.3 is 15.4 Å². The number of nitro benzene ring substituents is 1. The van der Waals surface area contributed by atoms with Crippen LogP contribution < -0.4 is 10.6 Å². The molecule has 0 fully saturated rings. The lowest BCUT2D eigenvalue weighted by Crippen LogP contribution is -2.54. The summed E-state index contributed by atoms with van der Waals surface area (Å²) < 4.78 is 5.30. The first-order valence-electron chi connectivity index (χ1n) is 9.88. The first kappa shape index (κ1) is 21.4. The highest BCUT2D eigenvalue weighted by molar-refractivity contribution is 5.92. The number of nitro groups is 1. The number of fused-ring (bicyclic) bond motifs is 1. The molecule has 0 aliphatic heterocycles. The minimum atomic E-state index is -0.872. The molecular weight excluding hydrogens is 386 g/mol. The fourth-order valence-corrected chi connectivity index (χ4v) is 3.76. The molecule has 8 heteroatoms. The molecule has 30 heavy (non-hydrogen) atoms. The molecule has 0 spiro atoms. The summed E-state index contributed by atoms with van der Waals surface area (Å²) in [6.07, 6.45) is 1.18. The molecule has 0 bridgehead atoms. The molecular formula is C22H25N3O5. The minimum absolute atomic E-state index is 0.0238. The highest BCUT2D eigenvalue weighted by atomic mass is 16.6. The van der Waals surface area contributed by atoms with Gasteiger partial charge in [-0.1, -0.05) is 24.3 Å². The molecule has 0 aromatic heterocycles. The lowest BCUT2D eigenvalue weighted by molar-refractivity contribution is -0.384. The Morgan fingerprint density at radius 1 is 1.17 bits per heavy atom. The number of benzene rings is 2. The van der Waals surface area contributed by atoms with Crippen molar-refractivity contribution < 1.29 is 19.2 Å². The van der Waals surface area contributed by atoms with Gasteiger partial charge in [0.05, 0.1) is 11.5 Å². The van der Waals surface area contributed by atoms with Crippen LogP contribution >= 0.6 is 0 Å². The number of aryl methyl sites for hydroxylation is 1. The predicted octanol–water partition coefficient (Wildman–Crippen LogP) is 2.92. The van der Waals surface area contributed by atoms with Gasteiger partial charge in [0.25, 0.3) is 5.69 Å². The van der Waals surface area contributed by atoms with Gasteiger partial charge in [-0.25, -0.2) is 0 Å². The van der Waals surface area contributed by atoms with Crippen LogP contribution in [-0.4, -0.2) is 35.5 Å². The van der Waals surface area contributed by atoms with E-state index in [1.807, 2.05) is 24.3 Å². The lowest BCUT2D eigenvalue weighted by Gasteiger charge is -2.28. The largest absolute Gasteiger partial charge is 0.465 e. The van der Waals surface area contributed by atoms with E-state index in [9.17, 15) is 19.7 Å². The molecule has 1 amide bonds. The maximum atomic E-state index is 12.7. The SMILES string of the molecule is CCOC(=O)C1(NCCC(=O)Nc2ccc([N+](=O)[O-])cc2C)Cc2ccccc2C1. The third kappa shape index (κ3) is 4.65. The molecule has 158 valence electrons. The van der Waals surface area contributed by atoms with Crippen molar-refractivity contribution in [2.45, 2.75) is 38.6 Å². The van der Waals surface area contributed by atoms with Crippen LogP contribution in [0.5, 0.6) is 0 Å². The van der Waals surface area contributed by atoms with Crippen molar-refractivity contribution >= 4 is 23.3 Å². The number of anilines is 1. The van der Waals surface area contributed by atoms with Crippen LogP contribution in [0.3, 0.4) is 0 Å². The van der Waals surface area contributed by atoms with Gasteiger partial charge in [0.1, 0.15) is 5.54 Å². The van der Waals surface area contributed by atoms with E-state index in [1.54, 1.807) is 13.8 Å². The number of nitrogens with zero attached hydrogens (tertiary/aromatic N) is 1. The second-order valence-electron chi connectivity index (χ2n) is 7.41. The Morgan fingerprint density at radius 2 is 1.83 bits per heavy atom. The standard InChI is InChI=1S/C22H25N3O5/c1-3-30-21(27)22(13-16-6-4-5-7-17(16)14-22)23-11-10-20(26)24-19-9-8-18(25(28)29)12-15(19)2/h4-9,12,23H,3,10-11,13-14H2,1-2H3,(H,24,26). The van der Waals surface area contributed by atoms with Crippen molar-refractivity contribution in [3.05, 3.63) is 69.3 Å². The Morgan fingerprint density at radius 3 is 2.40 bits per heavy atom. The van der Waals surface area contributed by atoms with Gasteiger partial charge in [0.2, 0.25) is 5.91 Å². The molecule has 1 aliphatic carbocycles. The zero-order valence-electron chi connectivity index (χ0n) is 17.1. The summed E-state index contributed by atoms with van der Waals surface area (Å²) in [5, 5.41) is 16.9. The summed E-state index contributed by atoms with van der Waals surface area (Å²) in [5.41, 5.74) is 2.44. The Kier molecular flexibility index (Phi) is 6.47. The highest BCUT2D eigenvalue weighted by Crippen LogP contribution is 2.31. The van der Waals surface area contributed by atoms with Gasteiger partial charge in [-0.2, -0.15) is 0 Å². The van der Waals surface area contributed by atoms with Gasteiger partial charge in [0.15, 0.2) is 0 Å². The Balaban J connectivity index is 1.61. The predicted molar refractivity (Wildman–Crippen MR) is 112 cm³/mol. The number of hydrogen-bond donors (Lipinski definition) is 2. The van der Waals surface area contributed by atoms with Crippen LogP contribution in [0.4, 0.5) is 11.4 Å². The van der Waals surface area contributed by atoms with Gasteiger partial charge >= 0.3 is 5.97 Å². The lowest BCUT2D eigenvalue weighted by atomic mass is 9.95. The second kappa shape index (κ2) is 9.04. The summed E-state index contributed by atoms with van der Waals surface area (Å²) in [6.45, 7) is 4.06. The van der Waals surface area contributed by atoms with Crippen LogP contribution in [0.2, 0.25) is 0 Å². The first-order valence-corrected chi connectivity index (χ1v) is 9.88. The Hall–Kier alpha value is -3.26. The number of nitrogens with one attached hydrogen (secondary N) is 2. The maximum Gasteiger partial charge on any atom is 0.327 e. The monoisotopic (exact) mass is 411 g/mol. The topological polar surface area (TPSA) is 111 Å². The number of hydrogen-bond acceptors (Lipinski definition) is 6. The molecule has 0 heterocycles. The quantitative estimate of drug-likeness (QED) is 0.393. The number of carbonyl (C=O) groups excluding carboxylic acids is 2. The normalized spacial score (nSPS) is 14.1. The van der Waals surface area contributed by atoms with Crippen LogP contribution in [0, 0.1) is 17.0 Å². The Labute approximate surface area is 174 Å². The molecule has 0 unspecified atom stereocenters. The molecule has 0 saturated carbocycles. The number of non-ortho nitro benzene ring substituents is 1. The van der Waals surface area contributed by atoms with Crippen LogP contribution in [0.1, 0.15) is 30.0 Å². The molecule has 2 aromatic carbocycles. The van der Waals surface area contributed by atoms with Crippen LogP contribution in [0.15, 0.2) is 42.5 Å². The zero-order valence-corrected chi connectivity index (χ0v) is 17.1. The van der Waals surface area contributed by atoms with E-state index in [-0.39, 0.29) is 24.0 Å². The van der Waals surface area contributed by atoms with Gasteiger partial charge in [-0.15, -0.1) is 0 Å². The van der Waals surface area contributed by atoms with Crippen molar-refractivity contribution in [1.82, 2.24) is 5.32 Å². The van der Waals surface area contributed by atoms with E-state index in [2.05, 4.69) is 10.6 Å². The van der Waals surface area contributed by atoms with Gasteiger partial charge in [0, 0.05) is 43.6 Å². The van der Waals surface area contributed by atoms with E-state index in [1.165, 1.54) is 18.2 Å². The summed E-state index contributed by atoms with van der Waals surface area (Å²) in [6, 6.07) is 12.2. The number of rotatable bonds is 8.